The van der Waals surface area contributed by atoms with Crippen LogP contribution in [0.2, 0.25) is 0 Å². The molecule has 0 saturated heterocycles. The van der Waals surface area contributed by atoms with Crippen LogP contribution in [0.25, 0.3) is 0 Å². The Morgan fingerprint density at radius 3 is 2.55 bits per heavy atom. The van der Waals surface area contributed by atoms with E-state index in [9.17, 15) is 0 Å². The summed E-state index contributed by atoms with van der Waals surface area (Å²) < 4.78 is 5.41. The van der Waals surface area contributed by atoms with Crippen LogP contribution in [0, 0.1) is 6.92 Å². The summed E-state index contributed by atoms with van der Waals surface area (Å²) in [6.07, 6.45) is 2.87. The van der Waals surface area contributed by atoms with Crippen LogP contribution in [0.15, 0.2) is 48.5 Å². The highest BCUT2D eigenvalue weighted by atomic mass is 16.5. The van der Waals surface area contributed by atoms with E-state index >= 15 is 0 Å². The molecular formula is C18H23NO. The van der Waals surface area contributed by atoms with Crippen molar-refractivity contribution in [2.75, 3.05) is 7.11 Å². The molecule has 0 aliphatic carbocycles. The van der Waals surface area contributed by atoms with Crippen LogP contribution in [-0.4, -0.2) is 13.2 Å². The standard InChI is InChI=1S/C18H23NO/c1-14-8-11-18(20-2)16(12-14)13-17(19)10-9-15-6-4-3-5-7-15/h3-8,11-12,17H,9-10,13,19H2,1-2H3. The quantitative estimate of drug-likeness (QED) is 0.871. The summed E-state index contributed by atoms with van der Waals surface area (Å²) in [6.45, 7) is 2.10. The van der Waals surface area contributed by atoms with Gasteiger partial charge in [-0.05, 0) is 43.4 Å². The van der Waals surface area contributed by atoms with Crippen molar-refractivity contribution in [1.82, 2.24) is 0 Å². The highest BCUT2D eigenvalue weighted by molar-refractivity contribution is 5.37. The van der Waals surface area contributed by atoms with Gasteiger partial charge in [0.05, 0.1) is 7.11 Å². The summed E-state index contributed by atoms with van der Waals surface area (Å²) in [5.74, 6) is 0.936. The van der Waals surface area contributed by atoms with Gasteiger partial charge in [-0.25, -0.2) is 0 Å². The molecule has 0 spiro atoms. The van der Waals surface area contributed by atoms with Crippen LogP contribution >= 0.6 is 0 Å². The third-order valence-corrected chi connectivity index (χ3v) is 3.56. The number of rotatable bonds is 6. The van der Waals surface area contributed by atoms with Gasteiger partial charge in [0.25, 0.3) is 0 Å². The molecule has 0 amide bonds. The molecule has 2 rings (SSSR count). The zero-order valence-electron chi connectivity index (χ0n) is 12.3. The maximum Gasteiger partial charge on any atom is 0.122 e. The molecule has 0 aliphatic heterocycles. The zero-order valence-corrected chi connectivity index (χ0v) is 12.3. The van der Waals surface area contributed by atoms with Gasteiger partial charge in [0, 0.05) is 6.04 Å². The molecule has 2 N–H and O–H groups in total. The van der Waals surface area contributed by atoms with Crippen molar-refractivity contribution in [3.05, 3.63) is 65.2 Å². The zero-order chi connectivity index (χ0) is 14.4. The Bertz CT molecular complexity index is 536. The van der Waals surface area contributed by atoms with E-state index in [0.717, 1.165) is 25.0 Å². The van der Waals surface area contributed by atoms with Crippen molar-refractivity contribution >= 4 is 0 Å². The van der Waals surface area contributed by atoms with Gasteiger partial charge in [0.1, 0.15) is 5.75 Å². The third kappa shape index (κ3) is 4.10. The number of hydrogen-bond donors (Lipinski definition) is 1. The number of methoxy groups -OCH3 is 1. The molecule has 0 aromatic heterocycles. The molecule has 0 saturated carbocycles. The fourth-order valence-corrected chi connectivity index (χ4v) is 2.45. The van der Waals surface area contributed by atoms with Crippen LogP contribution in [0.1, 0.15) is 23.1 Å². The second kappa shape index (κ2) is 7.11. The van der Waals surface area contributed by atoms with Gasteiger partial charge in [0.2, 0.25) is 0 Å². The largest absolute Gasteiger partial charge is 0.496 e. The van der Waals surface area contributed by atoms with Crippen molar-refractivity contribution in [3.63, 3.8) is 0 Å². The molecule has 0 radical (unpaired) electrons. The van der Waals surface area contributed by atoms with Gasteiger partial charge in [-0.15, -0.1) is 0 Å². The van der Waals surface area contributed by atoms with E-state index in [2.05, 4.69) is 43.3 Å². The summed E-state index contributed by atoms with van der Waals surface area (Å²) in [5, 5.41) is 0. The molecular weight excluding hydrogens is 246 g/mol. The Labute approximate surface area is 121 Å². The number of hydrogen-bond acceptors (Lipinski definition) is 2. The maximum absolute atomic E-state index is 6.27. The lowest BCUT2D eigenvalue weighted by Crippen LogP contribution is -2.23. The highest BCUT2D eigenvalue weighted by Crippen LogP contribution is 2.21. The SMILES string of the molecule is COc1ccc(C)cc1CC(N)CCc1ccccc1. The van der Waals surface area contributed by atoms with Crippen molar-refractivity contribution in [1.29, 1.82) is 0 Å². The molecule has 106 valence electrons. The lowest BCUT2D eigenvalue weighted by molar-refractivity contribution is 0.407. The molecule has 0 heterocycles. The maximum atomic E-state index is 6.27. The van der Waals surface area contributed by atoms with Crippen molar-refractivity contribution < 1.29 is 4.74 Å². The predicted molar refractivity (Wildman–Crippen MR) is 84.2 cm³/mol. The minimum absolute atomic E-state index is 0.158. The fourth-order valence-electron chi connectivity index (χ4n) is 2.45. The average Bonchev–Trinajstić information content (AvgIpc) is 2.46. The van der Waals surface area contributed by atoms with E-state index in [1.807, 2.05) is 12.1 Å². The van der Waals surface area contributed by atoms with E-state index in [1.54, 1.807) is 7.11 Å². The van der Waals surface area contributed by atoms with Crippen molar-refractivity contribution in [2.24, 2.45) is 5.73 Å². The molecule has 1 atom stereocenters. The first-order valence-electron chi connectivity index (χ1n) is 7.12. The topological polar surface area (TPSA) is 35.2 Å². The summed E-state index contributed by atoms with van der Waals surface area (Å²) in [5.41, 5.74) is 10.1. The molecule has 0 aliphatic rings. The number of benzene rings is 2. The molecule has 0 bridgehead atoms. The Kier molecular flexibility index (Phi) is 5.19. The lowest BCUT2D eigenvalue weighted by Gasteiger charge is -2.15. The fraction of sp³-hybridized carbons (Fsp3) is 0.333. The van der Waals surface area contributed by atoms with Gasteiger partial charge in [-0.3, -0.25) is 0 Å². The molecule has 2 aromatic carbocycles. The second-order valence-electron chi connectivity index (χ2n) is 5.30. The Morgan fingerprint density at radius 2 is 1.85 bits per heavy atom. The van der Waals surface area contributed by atoms with Crippen LogP contribution < -0.4 is 10.5 Å². The monoisotopic (exact) mass is 269 g/mol. The molecule has 20 heavy (non-hydrogen) atoms. The molecule has 2 aromatic rings. The van der Waals surface area contributed by atoms with E-state index in [1.165, 1.54) is 16.7 Å². The number of nitrogens with two attached hydrogens (primary N) is 1. The van der Waals surface area contributed by atoms with E-state index in [4.69, 9.17) is 10.5 Å². The summed E-state index contributed by atoms with van der Waals surface area (Å²) in [4.78, 5) is 0. The first-order chi connectivity index (χ1) is 9.69. The molecule has 0 fully saturated rings. The summed E-state index contributed by atoms with van der Waals surface area (Å²) in [6, 6.07) is 16.9. The van der Waals surface area contributed by atoms with Gasteiger partial charge >= 0.3 is 0 Å². The smallest absolute Gasteiger partial charge is 0.122 e. The van der Waals surface area contributed by atoms with Crippen LogP contribution in [-0.2, 0) is 12.8 Å². The first kappa shape index (κ1) is 14.6. The summed E-state index contributed by atoms with van der Waals surface area (Å²) >= 11 is 0. The molecule has 1 unspecified atom stereocenters. The Morgan fingerprint density at radius 1 is 1.10 bits per heavy atom. The van der Waals surface area contributed by atoms with Gasteiger partial charge < -0.3 is 10.5 Å². The first-order valence-corrected chi connectivity index (χ1v) is 7.12. The minimum Gasteiger partial charge on any atom is -0.496 e. The van der Waals surface area contributed by atoms with E-state index in [0.29, 0.717) is 0 Å². The van der Waals surface area contributed by atoms with Crippen LogP contribution in [0.3, 0.4) is 0 Å². The van der Waals surface area contributed by atoms with E-state index < -0.39 is 0 Å². The average molecular weight is 269 g/mol. The lowest BCUT2D eigenvalue weighted by atomic mass is 9.98. The number of ether oxygens (including phenoxy) is 1. The molecule has 2 nitrogen and oxygen atoms in total. The van der Waals surface area contributed by atoms with Crippen LogP contribution in [0.4, 0.5) is 0 Å². The second-order valence-corrected chi connectivity index (χ2v) is 5.30. The third-order valence-electron chi connectivity index (χ3n) is 3.56. The predicted octanol–water partition coefficient (Wildman–Crippen LogP) is 3.51. The minimum atomic E-state index is 0.158. The van der Waals surface area contributed by atoms with Gasteiger partial charge in [-0.2, -0.15) is 0 Å². The van der Waals surface area contributed by atoms with Gasteiger partial charge in [0.15, 0.2) is 0 Å². The van der Waals surface area contributed by atoms with Crippen LogP contribution in [0.5, 0.6) is 5.75 Å². The number of aryl methyl sites for hydroxylation is 2. The van der Waals surface area contributed by atoms with Gasteiger partial charge in [-0.1, -0.05) is 48.0 Å². The Balaban J connectivity index is 1.94. The Hall–Kier alpha value is -1.80. The van der Waals surface area contributed by atoms with E-state index in [-0.39, 0.29) is 6.04 Å². The normalized spacial score (nSPS) is 12.2. The summed E-state index contributed by atoms with van der Waals surface area (Å²) in [7, 11) is 1.71. The molecule has 2 heteroatoms. The van der Waals surface area contributed by atoms with Crippen molar-refractivity contribution in [2.45, 2.75) is 32.2 Å². The highest BCUT2D eigenvalue weighted by Gasteiger charge is 2.09. The van der Waals surface area contributed by atoms with Crippen molar-refractivity contribution in [3.8, 4) is 5.75 Å².